The summed E-state index contributed by atoms with van der Waals surface area (Å²) in [5, 5.41) is 5.97. The molecule has 0 aliphatic rings. The molecule has 1 aromatic heterocycles. The lowest BCUT2D eigenvalue weighted by Crippen LogP contribution is -2.40. The molecule has 21 heavy (non-hydrogen) atoms. The zero-order valence-electron chi connectivity index (χ0n) is 12.1. The van der Waals surface area contributed by atoms with Crippen LogP contribution >= 0.6 is 15.9 Å². The van der Waals surface area contributed by atoms with Crippen molar-refractivity contribution in [3.8, 4) is 0 Å². The monoisotopic (exact) mass is 348 g/mol. The van der Waals surface area contributed by atoms with Crippen molar-refractivity contribution in [2.75, 3.05) is 5.32 Å². The van der Waals surface area contributed by atoms with E-state index >= 15 is 0 Å². The molecule has 110 valence electrons. The number of hydrogen-bond donors (Lipinski definition) is 2. The number of rotatable bonds is 3. The highest BCUT2D eigenvalue weighted by Crippen LogP contribution is 2.18. The van der Waals surface area contributed by atoms with Gasteiger partial charge >= 0.3 is 0 Å². The van der Waals surface area contributed by atoms with Crippen molar-refractivity contribution in [3.05, 3.63) is 46.8 Å². The summed E-state index contributed by atoms with van der Waals surface area (Å²) in [7, 11) is 0. The maximum absolute atomic E-state index is 11.9. The van der Waals surface area contributed by atoms with E-state index < -0.39 is 0 Å². The van der Waals surface area contributed by atoms with Crippen LogP contribution in [0.4, 0.5) is 11.5 Å². The van der Waals surface area contributed by atoms with Gasteiger partial charge in [-0.3, -0.25) is 4.79 Å². The summed E-state index contributed by atoms with van der Waals surface area (Å²) in [4.78, 5) is 20.3. The lowest BCUT2D eigenvalue weighted by Gasteiger charge is -2.19. The first-order valence-electron chi connectivity index (χ1n) is 6.51. The van der Waals surface area contributed by atoms with Crippen molar-refractivity contribution in [1.82, 2.24) is 15.3 Å². The van der Waals surface area contributed by atoms with E-state index in [0.29, 0.717) is 11.5 Å². The highest BCUT2D eigenvalue weighted by molar-refractivity contribution is 9.10. The van der Waals surface area contributed by atoms with E-state index in [9.17, 15) is 4.79 Å². The van der Waals surface area contributed by atoms with Gasteiger partial charge in [-0.2, -0.15) is 0 Å². The molecule has 2 aromatic rings. The van der Waals surface area contributed by atoms with E-state index in [1.54, 1.807) is 6.20 Å². The number of carbonyl (C=O) groups excluding carboxylic acids is 1. The minimum Gasteiger partial charge on any atom is -0.346 e. The van der Waals surface area contributed by atoms with Gasteiger partial charge in [0.05, 0.1) is 12.4 Å². The molecule has 0 aliphatic carbocycles. The van der Waals surface area contributed by atoms with Crippen LogP contribution in [0.5, 0.6) is 0 Å². The molecule has 6 heteroatoms. The Labute approximate surface area is 132 Å². The van der Waals surface area contributed by atoms with Gasteiger partial charge in [-0.15, -0.1) is 0 Å². The largest absolute Gasteiger partial charge is 0.346 e. The Morgan fingerprint density at radius 2 is 1.95 bits per heavy atom. The smallest absolute Gasteiger partial charge is 0.271 e. The minimum absolute atomic E-state index is 0.232. The predicted molar refractivity (Wildman–Crippen MR) is 86.7 cm³/mol. The maximum atomic E-state index is 11.9. The Morgan fingerprint density at radius 1 is 1.19 bits per heavy atom. The topological polar surface area (TPSA) is 66.9 Å². The first-order chi connectivity index (χ1) is 9.83. The molecule has 0 unspecified atom stereocenters. The molecule has 0 aliphatic heterocycles. The molecular weight excluding hydrogens is 332 g/mol. The Morgan fingerprint density at radius 3 is 2.52 bits per heavy atom. The third kappa shape index (κ3) is 4.82. The van der Waals surface area contributed by atoms with E-state index in [1.165, 1.54) is 6.20 Å². The van der Waals surface area contributed by atoms with Gasteiger partial charge < -0.3 is 10.6 Å². The number of aromatic nitrogens is 2. The predicted octanol–water partition coefficient (Wildman–Crippen LogP) is 3.51. The summed E-state index contributed by atoms with van der Waals surface area (Å²) in [6.45, 7) is 5.75. The van der Waals surface area contributed by atoms with E-state index in [1.807, 2.05) is 45.0 Å². The molecule has 0 bridgehead atoms. The van der Waals surface area contributed by atoms with E-state index in [4.69, 9.17) is 0 Å². The van der Waals surface area contributed by atoms with Gasteiger partial charge in [-0.05, 0) is 39.0 Å². The number of nitrogens with one attached hydrogen (secondary N) is 2. The molecule has 0 saturated heterocycles. The molecule has 1 heterocycles. The minimum atomic E-state index is -0.300. The van der Waals surface area contributed by atoms with Crippen molar-refractivity contribution in [2.24, 2.45) is 0 Å². The fourth-order valence-corrected chi connectivity index (χ4v) is 2.03. The summed E-state index contributed by atoms with van der Waals surface area (Å²) in [6.07, 6.45) is 3.00. The first-order valence-corrected chi connectivity index (χ1v) is 7.30. The summed E-state index contributed by atoms with van der Waals surface area (Å²) in [5.74, 6) is 0.351. The zero-order chi connectivity index (χ0) is 15.5. The van der Waals surface area contributed by atoms with Gasteiger partial charge in [0.15, 0.2) is 0 Å². The lowest BCUT2D eigenvalue weighted by atomic mass is 10.1. The Kier molecular flexibility index (Phi) is 4.57. The van der Waals surface area contributed by atoms with Crippen molar-refractivity contribution >= 4 is 33.3 Å². The number of halogens is 1. The van der Waals surface area contributed by atoms with Gasteiger partial charge in [-0.25, -0.2) is 9.97 Å². The maximum Gasteiger partial charge on any atom is 0.271 e. The molecule has 1 amide bonds. The number of hydrogen-bond acceptors (Lipinski definition) is 4. The van der Waals surface area contributed by atoms with Gasteiger partial charge in [0.1, 0.15) is 11.5 Å². The van der Waals surface area contributed by atoms with Crippen molar-refractivity contribution in [3.63, 3.8) is 0 Å². The van der Waals surface area contributed by atoms with Crippen LogP contribution in [-0.2, 0) is 0 Å². The van der Waals surface area contributed by atoms with Crippen molar-refractivity contribution in [2.45, 2.75) is 26.3 Å². The standard InChI is InChI=1S/C15H17BrN4O/c1-15(2,3)20-14(21)12-8-18-13(9-17-12)19-11-6-4-5-10(16)7-11/h4-9H,1-3H3,(H,18,19)(H,20,21). The van der Waals surface area contributed by atoms with Crippen LogP contribution in [0.25, 0.3) is 0 Å². The molecule has 2 rings (SSSR count). The van der Waals surface area contributed by atoms with Crippen molar-refractivity contribution < 1.29 is 4.79 Å². The molecular formula is C15H17BrN4O. The van der Waals surface area contributed by atoms with Crippen LogP contribution in [0.1, 0.15) is 31.3 Å². The van der Waals surface area contributed by atoms with E-state index in [-0.39, 0.29) is 11.4 Å². The number of anilines is 2. The van der Waals surface area contributed by atoms with Crippen LogP contribution in [0.3, 0.4) is 0 Å². The Bertz CT molecular complexity index is 635. The second-order valence-electron chi connectivity index (χ2n) is 5.63. The first kappa shape index (κ1) is 15.4. The third-order valence-corrected chi connectivity index (χ3v) is 2.96. The molecule has 0 radical (unpaired) electrons. The second kappa shape index (κ2) is 6.22. The van der Waals surface area contributed by atoms with Crippen LogP contribution in [0.2, 0.25) is 0 Å². The molecule has 1 aromatic carbocycles. The van der Waals surface area contributed by atoms with Gasteiger partial charge in [0.25, 0.3) is 5.91 Å². The number of amides is 1. The average molecular weight is 349 g/mol. The molecule has 0 saturated carbocycles. The summed E-state index contributed by atoms with van der Waals surface area (Å²) < 4.78 is 0.974. The number of carbonyl (C=O) groups is 1. The van der Waals surface area contributed by atoms with Crippen molar-refractivity contribution in [1.29, 1.82) is 0 Å². The molecule has 0 spiro atoms. The highest BCUT2D eigenvalue weighted by Gasteiger charge is 2.16. The average Bonchev–Trinajstić information content (AvgIpc) is 2.37. The van der Waals surface area contributed by atoms with Gasteiger partial charge in [0.2, 0.25) is 0 Å². The fourth-order valence-electron chi connectivity index (χ4n) is 1.63. The molecule has 5 nitrogen and oxygen atoms in total. The lowest BCUT2D eigenvalue weighted by molar-refractivity contribution is 0.0914. The van der Waals surface area contributed by atoms with E-state index in [0.717, 1.165) is 10.2 Å². The summed E-state index contributed by atoms with van der Waals surface area (Å²) >= 11 is 3.41. The van der Waals surface area contributed by atoms with Crippen LogP contribution in [-0.4, -0.2) is 21.4 Å². The Balaban J connectivity index is 2.07. The number of nitrogens with zero attached hydrogens (tertiary/aromatic N) is 2. The third-order valence-electron chi connectivity index (χ3n) is 2.47. The van der Waals surface area contributed by atoms with Crippen LogP contribution < -0.4 is 10.6 Å². The molecule has 0 fully saturated rings. The molecule has 2 N–H and O–H groups in total. The highest BCUT2D eigenvalue weighted by atomic mass is 79.9. The quantitative estimate of drug-likeness (QED) is 0.890. The summed E-state index contributed by atoms with van der Waals surface area (Å²) in [6, 6.07) is 7.72. The molecule has 0 atom stereocenters. The summed E-state index contributed by atoms with van der Waals surface area (Å²) in [5.41, 5.74) is 0.890. The van der Waals surface area contributed by atoms with Gasteiger partial charge in [-0.1, -0.05) is 22.0 Å². The zero-order valence-corrected chi connectivity index (χ0v) is 13.7. The Hall–Kier alpha value is -1.95. The van der Waals surface area contributed by atoms with Crippen LogP contribution in [0.15, 0.2) is 41.1 Å². The van der Waals surface area contributed by atoms with Gasteiger partial charge in [0, 0.05) is 15.7 Å². The normalized spacial score (nSPS) is 11.0. The number of benzene rings is 1. The SMILES string of the molecule is CC(C)(C)NC(=O)c1cnc(Nc2cccc(Br)c2)cn1. The fraction of sp³-hybridized carbons (Fsp3) is 0.267. The van der Waals surface area contributed by atoms with E-state index in [2.05, 4.69) is 36.5 Å². The second-order valence-corrected chi connectivity index (χ2v) is 6.54. The van der Waals surface area contributed by atoms with Crippen LogP contribution in [0, 0.1) is 0 Å².